The number of nitrogens with zero attached hydrogens (tertiary/aromatic N) is 1. The number of anilines is 1. The zero-order valence-electron chi connectivity index (χ0n) is 16.5. The molecule has 2 amide bonds. The summed E-state index contributed by atoms with van der Waals surface area (Å²) in [5, 5.41) is 3.00. The summed E-state index contributed by atoms with van der Waals surface area (Å²) < 4.78 is 10.8. The predicted molar refractivity (Wildman–Crippen MR) is 107 cm³/mol. The molecular weight excluding hydrogens is 356 g/mol. The van der Waals surface area contributed by atoms with E-state index in [4.69, 9.17) is 9.47 Å². The van der Waals surface area contributed by atoms with Gasteiger partial charge in [-0.3, -0.25) is 9.59 Å². The topological polar surface area (TPSA) is 67.9 Å². The number of carbonyl (C=O) groups excluding carboxylic acids is 2. The fourth-order valence-electron chi connectivity index (χ4n) is 3.65. The van der Waals surface area contributed by atoms with Crippen LogP contribution >= 0.6 is 0 Å². The molecule has 2 aromatic rings. The van der Waals surface area contributed by atoms with Gasteiger partial charge in [0.25, 0.3) is 0 Å². The minimum Gasteiger partial charge on any atom is -0.497 e. The van der Waals surface area contributed by atoms with Crippen LogP contribution in [-0.4, -0.2) is 37.5 Å². The molecule has 1 aliphatic heterocycles. The zero-order valence-corrected chi connectivity index (χ0v) is 16.5. The van der Waals surface area contributed by atoms with Crippen molar-refractivity contribution in [3.8, 4) is 11.5 Å². The van der Waals surface area contributed by atoms with E-state index in [0.717, 1.165) is 11.3 Å². The van der Waals surface area contributed by atoms with Gasteiger partial charge >= 0.3 is 0 Å². The smallest absolute Gasteiger partial charge is 0.230 e. The van der Waals surface area contributed by atoms with Crippen molar-refractivity contribution in [3.05, 3.63) is 54.1 Å². The van der Waals surface area contributed by atoms with Gasteiger partial charge in [-0.1, -0.05) is 24.3 Å². The highest BCUT2D eigenvalue weighted by atomic mass is 16.5. The van der Waals surface area contributed by atoms with Crippen molar-refractivity contribution < 1.29 is 19.1 Å². The van der Waals surface area contributed by atoms with Crippen molar-refractivity contribution in [3.63, 3.8) is 0 Å². The normalized spacial score (nSPS) is 19.2. The lowest BCUT2D eigenvalue weighted by Gasteiger charge is -2.38. The molecule has 0 bridgehead atoms. The number of methoxy groups -OCH3 is 1. The quantitative estimate of drug-likeness (QED) is 0.828. The van der Waals surface area contributed by atoms with Crippen molar-refractivity contribution in [2.24, 2.45) is 5.92 Å². The molecule has 6 heteroatoms. The second-order valence-corrected chi connectivity index (χ2v) is 6.79. The molecule has 28 heavy (non-hydrogen) atoms. The summed E-state index contributed by atoms with van der Waals surface area (Å²) in [5.41, 5.74) is 1.55. The molecule has 1 saturated heterocycles. The SMILES string of the molecule is CCOc1ccccc1NC(=O)[C@@H]1CCC(=O)N(C)[C@H]1c1ccc(OC)cc1. The molecule has 0 aliphatic carbocycles. The van der Waals surface area contributed by atoms with Gasteiger partial charge < -0.3 is 19.7 Å². The summed E-state index contributed by atoms with van der Waals surface area (Å²) in [7, 11) is 3.36. The largest absolute Gasteiger partial charge is 0.497 e. The molecule has 1 heterocycles. The van der Waals surface area contributed by atoms with E-state index in [1.807, 2.05) is 55.5 Å². The molecule has 0 radical (unpaired) electrons. The van der Waals surface area contributed by atoms with Gasteiger partial charge in [0.05, 0.1) is 31.4 Å². The first kappa shape index (κ1) is 19.7. The Balaban J connectivity index is 1.87. The Morgan fingerprint density at radius 1 is 1.18 bits per heavy atom. The van der Waals surface area contributed by atoms with Gasteiger partial charge in [-0.05, 0) is 43.2 Å². The summed E-state index contributed by atoms with van der Waals surface area (Å²) in [6, 6.07) is 14.6. The first-order valence-electron chi connectivity index (χ1n) is 9.47. The third-order valence-electron chi connectivity index (χ3n) is 5.10. The standard InChI is InChI=1S/C22H26N2O4/c1-4-28-19-8-6-5-7-18(19)23-22(26)17-13-14-20(25)24(2)21(17)15-9-11-16(27-3)12-10-15/h5-12,17,21H,4,13-14H2,1-3H3,(H,23,26)/t17-,21+/m1/s1. The van der Waals surface area contributed by atoms with E-state index in [0.29, 0.717) is 30.9 Å². The Morgan fingerprint density at radius 2 is 1.89 bits per heavy atom. The van der Waals surface area contributed by atoms with Crippen LogP contribution in [0.2, 0.25) is 0 Å². The van der Waals surface area contributed by atoms with Crippen LogP contribution in [0.25, 0.3) is 0 Å². The highest BCUT2D eigenvalue weighted by Gasteiger charge is 2.39. The van der Waals surface area contributed by atoms with Crippen molar-refractivity contribution in [1.82, 2.24) is 4.90 Å². The van der Waals surface area contributed by atoms with Gasteiger partial charge in [-0.2, -0.15) is 0 Å². The number of rotatable bonds is 6. The van der Waals surface area contributed by atoms with E-state index in [-0.39, 0.29) is 23.8 Å². The average Bonchev–Trinajstić information content (AvgIpc) is 2.71. The number of para-hydroxylation sites is 2. The summed E-state index contributed by atoms with van der Waals surface area (Å²) in [6.07, 6.45) is 0.858. The third-order valence-corrected chi connectivity index (χ3v) is 5.10. The molecule has 0 unspecified atom stereocenters. The van der Waals surface area contributed by atoms with Crippen molar-refractivity contribution in [2.45, 2.75) is 25.8 Å². The average molecular weight is 382 g/mol. The van der Waals surface area contributed by atoms with Crippen molar-refractivity contribution in [1.29, 1.82) is 0 Å². The molecule has 6 nitrogen and oxygen atoms in total. The van der Waals surface area contributed by atoms with Crippen LogP contribution in [0.3, 0.4) is 0 Å². The molecule has 1 fully saturated rings. The summed E-state index contributed by atoms with van der Waals surface area (Å²) >= 11 is 0. The first-order chi connectivity index (χ1) is 13.5. The number of nitrogens with one attached hydrogen (secondary N) is 1. The van der Waals surface area contributed by atoms with Crippen LogP contribution in [0, 0.1) is 5.92 Å². The Bertz CT molecular complexity index is 835. The molecule has 0 saturated carbocycles. The highest BCUT2D eigenvalue weighted by Crippen LogP contribution is 2.37. The zero-order chi connectivity index (χ0) is 20.1. The van der Waals surface area contributed by atoms with Crippen LogP contribution < -0.4 is 14.8 Å². The van der Waals surface area contributed by atoms with E-state index >= 15 is 0 Å². The minimum absolute atomic E-state index is 0.0413. The summed E-state index contributed by atoms with van der Waals surface area (Å²) in [5.74, 6) is 0.942. The van der Waals surface area contributed by atoms with Crippen LogP contribution in [0.5, 0.6) is 11.5 Å². The Kier molecular flexibility index (Phi) is 6.19. The number of ether oxygens (including phenoxy) is 2. The number of likely N-dealkylation sites (tertiary alicyclic amines) is 1. The van der Waals surface area contributed by atoms with Crippen molar-refractivity contribution >= 4 is 17.5 Å². The number of hydrogen-bond acceptors (Lipinski definition) is 4. The second-order valence-electron chi connectivity index (χ2n) is 6.79. The monoisotopic (exact) mass is 382 g/mol. The molecule has 1 aliphatic rings. The van der Waals surface area contributed by atoms with Gasteiger partial charge in [0, 0.05) is 13.5 Å². The van der Waals surface area contributed by atoms with E-state index in [1.54, 1.807) is 19.1 Å². The number of carbonyl (C=O) groups is 2. The Morgan fingerprint density at radius 3 is 2.57 bits per heavy atom. The minimum atomic E-state index is -0.356. The van der Waals surface area contributed by atoms with Gasteiger partial charge in [0.15, 0.2) is 0 Å². The van der Waals surface area contributed by atoms with Crippen LogP contribution in [0.15, 0.2) is 48.5 Å². The lowest BCUT2D eigenvalue weighted by Crippen LogP contribution is -2.44. The fraction of sp³-hybridized carbons (Fsp3) is 0.364. The maximum atomic E-state index is 13.2. The Hall–Kier alpha value is -3.02. The highest BCUT2D eigenvalue weighted by molar-refractivity contribution is 5.95. The van der Waals surface area contributed by atoms with Crippen molar-refractivity contribution in [2.75, 3.05) is 26.1 Å². The molecule has 148 valence electrons. The predicted octanol–water partition coefficient (Wildman–Crippen LogP) is 3.64. The lowest BCUT2D eigenvalue weighted by atomic mass is 9.84. The van der Waals surface area contributed by atoms with Gasteiger partial charge in [-0.15, -0.1) is 0 Å². The fourth-order valence-corrected chi connectivity index (χ4v) is 3.65. The molecule has 2 atom stereocenters. The molecular formula is C22H26N2O4. The second kappa shape index (κ2) is 8.78. The van der Waals surface area contributed by atoms with E-state index < -0.39 is 0 Å². The van der Waals surface area contributed by atoms with Crippen LogP contribution in [0.4, 0.5) is 5.69 Å². The molecule has 3 rings (SSSR count). The van der Waals surface area contributed by atoms with E-state index in [2.05, 4.69) is 5.32 Å². The molecule has 0 aromatic heterocycles. The molecule has 2 aromatic carbocycles. The van der Waals surface area contributed by atoms with E-state index in [1.165, 1.54) is 0 Å². The molecule has 1 N–H and O–H groups in total. The van der Waals surface area contributed by atoms with Crippen LogP contribution in [-0.2, 0) is 9.59 Å². The third kappa shape index (κ3) is 4.11. The number of benzene rings is 2. The van der Waals surface area contributed by atoms with E-state index in [9.17, 15) is 9.59 Å². The molecule has 0 spiro atoms. The summed E-state index contributed by atoms with van der Waals surface area (Å²) in [4.78, 5) is 27.1. The van der Waals surface area contributed by atoms with Crippen LogP contribution in [0.1, 0.15) is 31.4 Å². The number of hydrogen-bond donors (Lipinski definition) is 1. The van der Waals surface area contributed by atoms with Gasteiger partial charge in [-0.25, -0.2) is 0 Å². The Labute approximate surface area is 165 Å². The van der Waals surface area contributed by atoms with Gasteiger partial charge in [0.1, 0.15) is 11.5 Å². The summed E-state index contributed by atoms with van der Waals surface area (Å²) in [6.45, 7) is 2.42. The lowest BCUT2D eigenvalue weighted by molar-refractivity contribution is -0.140. The van der Waals surface area contributed by atoms with Gasteiger partial charge in [0.2, 0.25) is 11.8 Å². The number of piperidine rings is 1. The maximum Gasteiger partial charge on any atom is 0.230 e. The maximum absolute atomic E-state index is 13.2. The first-order valence-corrected chi connectivity index (χ1v) is 9.47. The number of amides is 2.